The van der Waals surface area contributed by atoms with Crippen LogP contribution in [0.15, 0.2) is 12.3 Å². The Kier molecular flexibility index (Phi) is 5.20. The summed E-state index contributed by atoms with van der Waals surface area (Å²) in [6.07, 6.45) is 4.24. The highest BCUT2D eigenvalue weighted by molar-refractivity contribution is 5.78. The van der Waals surface area contributed by atoms with Crippen molar-refractivity contribution in [2.45, 2.75) is 13.3 Å². The summed E-state index contributed by atoms with van der Waals surface area (Å²) in [7, 11) is 1.85. The minimum absolute atomic E-state index is 0.188. The second-order valence-electron chi connectivity index (χ2n) is 2.12. The maximum absolute atomic E-state index is 6.94. The lowest BCUT2D eigenvalue weighted by Gasteiger charge is -2.15. The SMILES string of the molecule is CCN(/C=C\CC(=N)N)NC. The number of amidine groups is 1. The van der Waals surface area contributed by atoms with Gasteiger partial charge in [0.25, 0.3) is 0 Å². The van der Waals surface area contributed by atoms with Crippen LogP contribution in [0.2, 0.25) is 0 Å². The van der Waals surface area contributed by atoms with Crippen molar-refractivity contribution in [3.63, 3.8) is 0 Å². The number of nitrogens with two attached hydrogens (primary N) is 1. The Labute approximate surface area is 67.5 Å². The second-order valence-corrected chi connectivity index (χ2v) is 2.12. The van der Waals surface area contributed by atoms with E-state index in [9.17, 15) is 0 Å². The number of rotatable bonds is 5. The van der Waals surface area contributed by atoms with Gasteiger partial charge in [-0.1, -0.05) is 6.08 Å². The Hall–Kier alpha value is -1.03. The van der Waals surface area contributed by atoms with Crippen molar-refractivity contribution in [3.8, 4) is 0 Å². The lowest BCUT2D eigenvalue weighted by atomic mass is 10.4. The van der Waals surface area contributed by atoms with E-state index in [2.05, 4.69) is 5.43 Å². The van der Waals surface area contributed by atoms with E-state index in [1.807, 2.05) is 31.3 Å². The quantitative estimate of drug-likeness (QED) is 0.304. The van der Waals surface area contributed by atoms with E-state index in [0.29, 0.717) is 6.42 Å². The standard InChI is InChI=1S/C7H16N4/c1-3-11(10-2)6-4-5-7(8)9/h4,6,10H,3,5H2,1-2H3,(H3,8,9)/b6-4-. The Morgan fingerprint density at radius 1 is 1.73 bits per heavy atom. The predicted octanol–water partition coefficient (Wildman–Crippen LogP) is 0.282. The Morgan fingerprint density at radius 2 is 2.36 bits per heavy atom. The van der Waals surface area contributed by atoms with Crippen LogP contribution in [0.4, 0.5) is 0 Å². The third kappa shape index (κ3) is 5.42. The van der Waals surface area contributed by atoms with Crippen LogP contribution in [0.5, 0.6) is 0 Å². The largest absolute Gasteiger partial charge is 0.387 e. The summed E-state index contributed by atoms with van der Waals surface area (Å²) in [6.45, 7) is 2.93. The molecule has 0 aliphatic carbocycles. The zero-order valence-electron chi connectivity index (χ0n) is 7.09. The molecule has 0 unspecified atom stereocenters. The number of nitrogens with one attached hydrogen (secondary N) is 2. The molecule has 0 aliphatic heterocycles. The van der Waals surface area contributed by atoms with Gasteiger partial charge in [0.15, 0.2) is 0 Å². The van der Waals surface area contributed by atoms with Gasteiger partial charge < -0.3 is 10.7 Å². The number of hydrogen-bond donors (Lipinski definition) is 3. The molecular formula is C7H16N4. The maximum atomic E-state index is 6.94. The van der Waals surface area contributed by atoms with Crippen molar-refractivity contribution in [2.75, 3.05) is 13.6 Å². The predicted molar refractivity (Wildman–Crippen MR) is 47.1 cm³/mol. The first kappa shape index (κ1) is 9.97. The summed E-state index contributed by atoms with van der Waals surface area (Å²) >= 11 is 0. The summed E-state index contributed by atoms with van der Waals surface area (Å²) in [4.78, 5) is 0. The van der Waals surface area contributed by atoms with Gasteiger partial charge in [-0.15, -0.1) is 0 Å². The molecule has 0 aromatic carbocycles. The molecular weight excluding hydrogens is 140 g/mol. The van der Waals surface area contributed by atoms with Crippen LogP contribution in [0.3, 0.4) is 0 Å². The van der Waals surface area contributed by atoms with Crippen LogP contribution in [0, 0.1) is 5.41 Å². The number of hydrazine groups is 1. The van der Waals surface area contributed by atoms with Gasteiger partial charge >= 0.3 is 0 Å². The number of nitrogens with zero attached hydrogens (tertiary/aromatic N) is 1. The van der Waals surface area contributed by atoms with E-state index in [-0.39, 0.29) is 5.84 Å². The van der Waals surface area contributed by atoms with Crippen LogP contribution in [0.1, 0.15) is 13.3 Å². The van der Waals surface area contributed by atoms with E-state index in [1.54, 1.807) is 0 Å². The lowest BCUT2D eigenvalue weighted by Crippen LogP contribution is -2.29. The van der Waals surface area contributed by atoms with Gasteiger partial charge in [-0.3, -0.25) is 5.41 Å². The van der Waals surface area contributed by atoms with Crippen molar-refractivity contribution in [1.82, 2.24) is 10.4 Å². The summed E-state index contributed by atoms with van der Waals surface area (Å²) in [5, 5.41) is 8.85. The fourth-order valence-corrected chi connectivity index (χ4v) is 0.645. The lowest BCUT2D eigenvalue weighted by molar-refractivity contribution is 0.314. The Morgan fingerprint density at radius 3 is 2.73 bits per heavy atom. The van der Waals surface area contributed by atoms with Crippen molar-refractivity contribution in [1.29, 1.82) is 5.41 Å². The summed E-state index contributed by atoms with van der Waals surface area (Å²) < 4.78 is 0. The van der Waals surface area contributed by atoms with Crippen LogP contribution in [0.25, 0.3) is 0 Å². The molecule has 11 heavy (non-hydrogen) atoms. The molecule has 0 amide bonds. The molecule has 4 nitrogen and oxygen atoms in total. The minimum atomic E-state index is 0.188. The summed E-state index contributed by atoms with van der Waals surface area (Å²) in [6, 6.07) is 0. The van der Waals surface area contributed by atoms with Gasteiger partial charge in [0.05, 0.1) is 5.84 Å². The van der Waals surface area contributed by atoms with Crippen molar-refractivity contribution in [3.05, 3.63) is 12.3 Å². The van der Waals surface area contributed by atoms with Crippen LogP contribution < -0.4 is 11.2 Å². The molecule has 0 saturated heterocycles. The summed E-state index contributed by atoms with van der Waals surface area (Å²) in [5.74, 6) is 0.188. The molecule has 64 valence electrons. The number of hydrogen-bond acceptors (Lipinski definition) is 3. The topological polar surface area (TPSA) is 65.1 Å². The van der Waals surface area contributed by atoms with Gasteiger partial charge in [0.1, 0.15) is 0 Å². The van der Waals surface area contributed by atoms with E-state index in [0.717, 1.165) is 6.54 Å². The maximum Gasteiger partial charge on any atom is 0.0944 e. The van der Waals surface area contributed by atoms with Gasteiger partial charge in [-0.05, 0) is 6.92 Å². The molecule has 0 atom stereocenters. The van der Waals surface area contributed by atoms with Crippen molar-refractivity contribution in [2.24, 2.45) is 5.73 Å². The fourth-order valence-electron chi connectivity index (χ4n) is 0.645. The zero-order chi connectivity index (χ0) is 8.69. The van der Waals surface area contributed by atoms with Crippen molar-refractivity contribution >= 4 is 5.84 Å². The normalized spacial score (nSPS) is 10.4. The van der Waals surface area contributed by atoms with E-state index >= 15 is 0 Å². The van der Waals surface area contributed by atoms with Crippen LogP contribution in [-0.4, -0.2) is 24.4 Å². The first-order valence-electron chi connectivity index (χ1n) is 3.64. The third-order valence-corrected chi connectivity index (χ3v) is 1.25. The molecule has 0 saturated carbocycles. The highest BCUT2D eigenvalue weighted by Gasteiger charge is 1.87. The Bertz CT molecular complexity index is 137. The molecule has 0 aliphatic rings. The first-order valence-corrected chi connectivity index (χ1v) is 3.64. The van der Waals surface area contributed by atoms with Crippen LogP contribution in [-0.2, 0) is 0 Å². The van der Waals surface area contributed by atoms with E-state index < -0.39 is 0 Å². The molecule has 0 heterocycles. The van der Waals surface area contributed by atoms with Crippen LogP contribution >= 0.6 is 0 Å². The van der Waals surface area contributed by atoms with Gasteiger partial charge in [-0.2, -0.15) is 0 Å². The van der Waals surface area contributed by atoms with Gasteiger partial charge in [-0.25, -0.2) is 5.43 Å². The zero-order valence-corrected chi connectivity index (χ0v) is 7.09. The average Bonchev–Trinajstić information content (AvgIpc) is 1.98. The molecule has 4 heteroatoms. The summed E-state index contributed by atoms with van der Waals surface area (Å²) in [5.41, 5.74) is 8.12. The molecule has 0 bridgehead atoms. The second kappa shape index (κ2) is 5.73. The Balaban J connectivity index is 3.61. The molecule has 0 spiro atoms. The fraction of sp³-hybridized carbons (Fsp3) is 0.571. The highest BCUT2D eigenvalue weighted by atomic mass is 15.5. The van der Waals surface area contributed by atoms with E-state index in [4.69, 9.17) is 11.1 Å². The molecule has 0 aromatic heterocycles. The van der Waals surface area contributed by atoms with E-state index in [1.165, 1.54) is 0 Å². The first-order chi connectivity index (χ1) is 5.20. The smallest absolute Gasteiger partial charge is 0.0944 e. The average molecular weight is 156 g/mol. The molecule has 0 aromatic rings. The molecule has 0 rings (SSSR count). The molecule has 0 radical (unpaired) electrons. The third-order valence-electron chi connectivity index (χ3n) is 1.25. The minimum Gasteiger partial charge on any atom is -0.387 e. The van der Waals surface area contributed by atoms with Crippen molar-refractivity contribution < 1.29 is 0 Å². The monoisotopic (exact) mass is 156 g/mol. The highest BCUT2D eigenvalue weighted by Crippen LogP contribution is 1.85. The molecule has 0 fully saturated rings. The van der Waals surface area contributed by atoms with Gasteiger partial charge in [0, 0.05) is 26.2 Å². The van der Waals surface area contributed by atoms with Gasteiger partial charge in [0.2, 0.25) is 0 Å². The molecule has 4 N–H and O–H groups in total.